The molecule has 0 bridgehead atoms. The summed E-state index contributed by atoms with van der Waals surface area (Å²) in [5, 5.41) is 0. The van der Waals surface area contributed by atoms with Gasteiger partial charge in [0.2, 0.25) is 0 Å². The van der Waals surface area contributed by atoms with Crippen molar-refractivity contribution >= 4 is 0 Å². The zero-order valence-electron chi connectivity index (χ0n) is 9.85. The van der Waals surface area contributed by atoms with Gasteiger partial charge in [-0.05, 0) is 32.6 Å². The Bertz CT molecular complexity index is 182. The Morgan fingerprint density at radius 1 is 1.31 bits per heavy atom. The van der Waals surface area contributed by atoms with Crippen molar-refractivity contribution in [1.82, 2.24) is 0 Å². The first-order chi connectivity index (χ1) is 6.10. The van der Waals surface area contributed by atoms with Crippen molar-refractivity contribution < 1.29 is 0 Å². The summed E-state index contributed by atoms with van der Waals surface area (Å²) in [4.78, 5) is 0. The van der Waals surface area contributed by atoms with Crippen molar-refractivity contribution in [3.63, 3.8) is 0 Å². The Balaban J connectivity index is 4.31. The molecule has 0 fully saturated rings. The molecule has 0 aromatic heterocycles. The van der Waals surface area contributed by atoms with E-state index in [1.54, 1.807) is 5.57 Å². The summed E-state index contributed by atoms with van der Waals surface area (Å²) < 4.78 is 0. The first kappa shape index (κ1) is 12.5. The Morgan fingerprint density at radius 3 is 2.31 bits per heavy atom. The van der Waals surface area contributed by atoms with Gasteiger partial charge in [0.05, 0.1) is 0 Å². The first-order valence-electron chi connectivity index (χ1n) is 5.42. The molecule has 0 atom stereocenters. The minimum absolute atomic E-state index is 0.780. The second-order valence-corrected chi connectivity index (χ2v) is 4.18. The van der Waals surface area contributed by atoms with Crippen molar-refractivity contribution in [2.24, 2.45) is 5.92 Å². The smallest absolute Gasteiger partial charge is 0.0294 e. The molecule has 0 radical (unpaired) electrons. The molecule has 0 N–H and O–H groups in total. The zero-order chi connectivity index (χ0) is 10.3. The molecule has 0 heterocycles. The molecular formula is C13H24. The van der Waals surface area contributed by atoms with Gasteiger partial charge in [0.25, 0.3) is 0 Å². The van der Waals surface area contributed by atoms with Crippen LogP contribution in [0.5, 0.6) is 0 Å². The second-order valence-electron chi connectivity index (χ2n) is 4.18. The number of rotatable bonds is 5. The average Bonchev–Trinajstić information content (AvgIpc) is 2.03. The summed E-state index contributed by atoms with van der Waals surface area (Å²) >= 11 is 0. The van der Waals surface area contributed by atoms with Crippen LogP contribution in [0.4, 0.5) is 0 Å². The normalized spacial score (nSPS) is 14.0. The maximum Gasteiger partial charge on any atom is -0.0294 e. The Morgan fingerprint density at radius 2 is 1.92 bits per heavy atom. The van der Waals surface area contributed by atoms with E-state index in [1.807, 2.05) is 0 Å². The molecule has 0 heteroatoms. The predicted octanol–water partition coefficient (Wildman–Crippen LogP) is 4.73. The van der Waals surface area contributed by atoms with Crippen LogP contribution in [0.25, 0.3) is 0 Å². The fourth-order valence-electron chi connectivity index (χ4n) is 1.48. The van der Waals surface area contributed by atoms with Gasteiger partial charge in [0, 0.05) is 0 Å². The molecule has 0 aromatic rings. The average molecular weight is 180 g/mol. The molecule has 0 aliphatic rings. The van der Waals surface area contributed by atoms with Gasteiger partial charge in [-0.1, -0.05) is 50.5 Å². The van der Waals surface area contributed by atoms with Crippen molar-refractivity contribution in [2.75, 3.05) is 0 Å². The van der Waals surface area contributed by atoms with Crippen molar-refractivity contribution in [1.29, 1.82) is 0 Å². The third-order valence-corrected chi connectivity index (χ3v) is 2.13. The first-order valence-corrected chi connectivity index (χ1v) is 5.42. The van der Waals surface area contributed by atoms with Crippen LogP contribution >= 0.6 is 0 Å². The second kappa shape index (κ2) is 6.94. The lowest BCUT2D eigenvalue weighted by Crippen LogP contribution is -1.92. The van der Waals surface area contributed by atoms with Crippen LogP contribution in [0.1, 0.15) is 53.9 Å². The van der Waals surface area contributed by atoms with Crippen LogP contribution in [-0.4, -0.2) is 0 Å². The highest BCUT2D eigenvalue weighted by Gasteiger charge is 2.00. The molecule has 0 saturated carbocycles. The number of hydrogen-bond donors (Lipinski definition) is 0. The van der Waals surface area contributed by atoms with Gasteiger partial charge in [0.1, 0.15) is 0 Å². The predicted molar refractivity (Wildman–Crippen MR) is 61.9 cm³/mol. The highest BCUT2D eigenvalue weighted by molar-refractivity contribution is 5.21. The third-order valence-electron chi connectivity index (χ3n) is 2.13. The van der Waals surface area contributed by atoms with Crippen molar-refractivity contribution in [3.05, 3.63) is 23.3 Å². The van der Waals surface area contributed by atoms with Crippen LogP contribution in [0, 0.1) is 5.92 Å². The molecule has 0 spiro atoms. The molecule has 76 valence electrons. The molecule has 0 amide bonds. The number of allylic oxidation sites excluding steroid dienone is 4. The zero-order valence-corrected chi connectivity index (χ0v) is 9.85. The van der Waals surface area contributed by atoms with Crippen LogP contribution in [-0.2, 0) is 0 Å². The quantitative estimate of drug-likeness (QED) is 0.537. The fraction of sp³-hybridized carbons (Fsp3) is 0.692. The summed E-state index contributed by atoms with van der Waals surface area (Å²) in [6, 6.07) is 0. The van der Waals surface area contributed by atoms with E-state index >= 15 is 0 Å². The Kier molecular flexibility index (Phi) is 6.66. The molecule has 0 nitrogen and oxygen atoms in total. The van der Waals surface area contributed by atoms with Gasteiger partial charge in [-0.25, -0.2) is 0 Å². The van der Waals surface area contributed by atoms with Gasteiger partial charge in [0.15, 0.2) is 0 Å². The molecule has 0 saturated heterocycles. The monoisotopic (exact) mass is 180 g/mol. The molecule has 0 aromatic carbocycles. The largest absolute Gasteiger partial charge is 0.0847 e. The molecule has 0 aliphatic carbocycles. The van der Waals surface area contributed by atoms with Crippen LogP contribution in [0.15, 0.2) is 23.3 Å². The van der Waals surface area contributed by atoms with E-state index in [2.05, 4.69) is 46.8 Å². The van der Waals surface area contributed by atoms with Gasteiger partial charge in [-0.15, -0.1) is 0 Å². The van der Waals surface area contributed by atoms with E-state index in [0.29, 0.717) is 0 Å². The summed E-state index contributed by atoms with van der Waals surface area (Å²) in [5.41, 5.74) is 3.00. The highest BCUT2D eigenvalue weighted by Crippen LogP contribution is 2.17. The fourth-order valence-corrected chi connectivity index (χ4v) is 1.48. The minimum atomic E-state index is 0.780. The van der Waals surface area contributed by atoms with Gasteiger partial charge in [-0.2, -0.15) is 0 Å². The van der Waals surface area contributed by atoms with E-state index in [1.165, 1.54) is 24.8 Å². The SMILES string of the molecule is C/C=C(C)\C=C(/CCC)CC(C)C. The molecule has 0 aliphatic heterocycles. The molecule has 13 heavy (non-hydrogen) atoms. The lowest BCUT2D eigenvalue weighted by atomic mass is 9.97. The Hall–Kier alpha value is -0.520. The minimum Gasteiger partial charge on any atom is -0.0847 e. The molecular weight excluding hydrogens is 156 g/mol. The van der Waals surface area contributed by atoms with Gasteiger partial charge < -0.3 is 0 Å². The summed E-state index contributed by atoms with van der Waals surface area (Å²) in [6.45, 7) is 11.1. The summed E-state index contributed by atoms with van der Waals surface area (Å²) in [5.74, 6) is 0.780. The maximum absolute atomic E-state index is 2.35. The maximum atomic E-state index is 2.35. The summed E-state index contributed by atoms with van der Waals surface area (Å²) in [6.07, 6.45) is 8.29. The van der Waals surface area contributed by atoms with Gasteiger partial charge in [-0.3, -0.25) is 0 Å². The molecule has 0 unspecified atom stereocenters. The van der Waals surface area contributed by atoms with Crippen molar-refractivity contribution in [2.45, 2.75) is 53.9 Å². The van der Waals surface area contributed by atoms with E-state index < -0.39 is 0 Å². The van der Waals surface area contributed by atoms with E-state index in [4.69, 9.17) is 0 Å². The van der Waals surface area contributed by atoms with E-state index in [-0.39, 0.29) is 0 Å². The topological polar surface area (TPSA) is 0 Å². The standard InChI is InChI=1S/C13H24/c1-6-8-13(9-11(3)4)10-12(5)7-2/h7,10-11H,6,8-9H2,1-5H3/b12-7-,13-10+. The van der Waals surface area contributed by atoms with Crippen LogP contribution in [0.2, 0.25) is 0 Å². The lowest BCUT2D eigenvalue weighted by molar-refractivity contribution is 0.621. The van der Waals surface area contributed by atoms with E-state index in [9.17, 15) is 0 Å². The Labute approximate surface area is 83.7 Å². The van der Waals surface area contributed by atoms with Gasteiger partial charge >= 0.3 is 0 Å². The van der Waals surface area contributed by atoms with E-state index in [0.717, 1.165) is 5.92 Å². The highest BCUT2D eigenvalue weighted by atomic mass is 14.1. The summed E-state index contributed by atoms with van der Waals surface area (Å²) in [7, 11) is 0. The number of hydrogen-bond acceptors (Lipinski definition) is 0. The third kappa shape index (κ3) is 6.62. The van der Waals surface area contributed by atoms with Crippen molar-refractivity contribution in [3.8, 4) is 0 Å². The van der Waals surface area contributed by atoms with Crippen LogP contribution in [0.3, 0.4) is 0 Å². The lowest BCUT2D eigenvalue weighted by Gasteiger charge is -2.09. The van der Waals surface area contributed by atoms with Crippen LogP contribution < -0.4 is 0 Å². The molecule has 0 rings (SSSR count).